The molecule has 0 radical (unpaired) electrons. The number of nitrogens with zero attached hydrogens (tertiary/aromatic N) is 6. The van der Waals surface area contributed by atoms with Gasteiger partial charge in [0.15, 0.2) is 5.82 Å². The lowest BCUT2D eigenvalue weighted by Crippen LogP contribution is -2.50. The summed E-state index contributed by atoms with van der Waals surface area (Å²) in [6, 6.07) is 11.7. The highest BCUT2D eigenvalue weighted by Gasteiger charge is 2.40. The normalized spacial score (nSPS) is 27.5. The van der Waals surface area contributed by atoms with Gasteiger partial charge in [-0.2, -0.15) is 0 Å². The molecule has 0 amide bonds. The summed E-state index contributed by atoms with van der Waals surface area (Å²) in [4.78, 5) is 5.02. The minimum Gasteiger partial charge on any atom is -0.374 e. The number of fused-ring (bicyclic) bond motifs is 1. The van der Waals surface area contributed by atoms with Crippen molar-refractivity contribution in [3.8, 4) is 0 Å². The number of hydrogen-bond donors (Lipinski definition) is 0. The van der Waals surface area contributed by atoms with Gasteiger partial charge in [-0.05, 0) is 28.8 Å². The van der Waals surface area contributed by atoms with Gasteiger partial charge in [0.1, 0.15) is 0 Å². The average molecular weight is 340 g/mol. The fraction of sp³-hybridized carbons (Fsp3) is 0.611. The van der Waals surface area contributed by atoms with E-state index in [2.05, 4.69) is 55.7 Å². The van der Waals surface area contributed by atoms with Crippen LogP contribution in [0.2, 0.25) is 0 Å². The summed E-state index contributed by atoms with van der Waals surface area (Å²) in [6.07, 6.45) is 2.71. The third-order valence-electron chi connectivity index (χ3n) is 5.54. The molecule has 1 aliphatic carbocycles. The molecular weight excluding hydrogens is 316 g/mol. The van der Waals surface area contributed by atoms with Crippen LogP contribution in [0.4, 0.5) is 0 Å². The van der Waals surface area contributed by atoms with Crippen molar-refractivity contribution in [1.29, 1.82) is 0 Å². The van der Waals surface area contributed by atoms with Gasteiger partial charge >= 0.3 is 0 Å². The van der Waals surface area contributed by atoms with E-state index < -0.39 is 0 Å². The van der Waals surface area contributed by atoms with E-state index in [0.717, 1.165) is 45.2 Å². The van der Waals surface area contributed by atoms with E-state index in [1.807, 2.05) is 4.68 Å². The zero-order valence-electron chi connectivity index (χ0n) is 14.4. The molecule has 0 spiro atoms. The van der Waals surface area contributed by atoms with Crippen molar-refractivity contribution in [3.63, 3.8) is 0 Å². The summed E-state index contributed by atoms with van der Waals surface area (Å²) >= 11 is 0. The lowest BCUT2D eigenvalue weighted by atomic mass is 10.1. The van der Waals surface area contributed by atoms with E-state index >= 15 is 0 Å². The van der Waals surface area contributed by atoms with Gasteiger partial charge in [-0.15, -0.1) is 5.10 Å². The monoisotopic (exact) mass is 340 g/mol. The molecule has 1 aromatic carbocycles. The fourth-order valence-corrected chi connectivity index (χ4v) is 4.10. The maximum Gasteiger partial charge on any atom is 0.165 e. The first-order valence-electron chi connectivity index (χ1n) is 9.25. The minimum absolute atomic E-state index is 0.294. The summed E-state index contributed by atoms with van der Waals surface area (Å²) in [5.74, 6) is 0.996. The van der Waals surface area contributed by atoms with E-state index in [9.17, 15) is 0 Å². The number of likely N-dealkylation sites (tertiary alicyclic amines) is 1. The molecule has 2 saturated heterocycles. The molecule has 7 nitrogen and oxygen atoms in total. The Bertz CT molecular complexity index is 715. The van der Waals surface area contributed by atoms with Crippen LogP contribution in [0.25, 0.3) is 0 Å². The predicted molar refractivity (Wildman–Crippen MR) is 91.7 cm³/mol. The average Bonchev–Trinajstić information content (AvgIpc) is 3.23. The predicted octanol–water partition coefficient (Wildman–Crippen LogP) is 1.09. The third kappa shape index (κ3) is 3.19. The molecule has 2 aliphatic heterocycles. The molecule has 5 rings (SSSR count). The Morgan fingerprint density at radius 1 is 1.08 bits per heavy atom. The van der Waals surface area contributed by atoms with Gasteiger partial charge in [0, 0.05) is 26.2 Å². The molecule has 3 aliphatic rings. The second-order valence-electron chi connectivity index (χ2n) is 7.40. The number of rotatable bonds is 5. The van der Waals surface area contributed by atoms with Gasteiger partial charge in [-0.25, -0.2) is 4.68 Å². The first-order chi connectivity index (χ1) is 12.4. The van der Waals surface area contributed by atoms with Crippen molar-refractivity contribution in [2.45, 2.75) is 44.1 Å². The van der Waals surface area contributed by atoms with Crippen LogP contribution in [0.3, 0.4) is 0 Å². The smallest absolute Gasteiger partial charge is 0.165 e. The quantitative estimate of drug-likeness (QED) is 0.812. The summed E-state index contributed by atoms with van der Waals surface area (Å²) in [5.41, 5.74) is 1.37. The Hall–Kier alpha value is -1.83. The molecule has 25 heavy (non-hydrogen) atoms. The van der Waals surface area contributed by atoms with Gasteiger partial charge in [0.2, 0.25) is 0 Å². The first kappa shape index (κ1) is 15.4. The second-order valence-corrected chi connectivity index (χ2v) is 7.40. The molecule has 0 N–H and O–H groups in total. The van der Waals surface area contributed by atoms with Crippen LogP contribution >= 0.6 is 0 Å². The first-order valence-corrected chi connectivity index (χ1v) is 9.25. The van der Waals surface area contributed by atoms with Gasteiger partial charge < -0.3 is 4.74 Å². The summed E-state index contributed by atoms with van der Waals surface area (Å²) in [7, 11) is 0. The second kappa shape index (κ2) is 6.48. The van der Waals surface area contributed by atoms with Crippen LogP contribution in [0.1, 0.15) is 30.3 Å². The highest BCUT2D eigenvalue weighted by Crippen LogP contribution is 2.35. The number of morpholine rings is 1. The van der Waals surface area contributed by atoms with Crippen molar-refractivity contribution in [2.24, 2.45) is 0 Å². The largest absolute Gasteiger partial charge is 0.374 e. The lowest BCUT2D eigenvalue weighted by Gasteiger charge is -2.37. The number of ether oxygens (including phenoxy) is 1. The number of benzene rings is 1. The summed E-state index contributed by atoms with van der Waals surface area (Å²) < 4.78 is 8.09. The molecule has 2 atom stereocenters. The Morgan fingerprint density at radius 3 is 2.80 bits per heavy atom. The van der Waals surface area contributed by atoms with Crippen LogP contribution in [0.5, 0.6) is 0 Å². The standard InChI is InChI=1S/C18H24N6O/c1-2-4-14(5-3-1)10-23-8-9-25-17-12-22(11-16(17)23)13-18-19-20-21-24(18)15-6-7-15/h1-5,15-17H,6-13H2/t16-,17-/m0/s1. The number of hydrogen-bond acceptors (Lipinski definition) is 6. The van der Waals surface area contributed by atoms with Crippen LogP contribution in [-0.2, 0) is 17.8 Å². The fourth-order valence-electron chi connectivity index (χ4n) is 4.10. The molecule has 132 valence electrons. The van der Waals surface area contributed by atoms with Crippen LogP contribution in [0.15, 0.2) is 30.3 Å². The summed E-state index contributed by atoms with van der Waals surface area (Å²) in [5, 5.41) is 12.3. The molecule has 1 saturated carbocycles. The molecule has 2 aromatic rings. The molecular formula is C18H24N6O. The summed E-state index contributed by atoms with van der Waals surface area (Å²) in [6.45, 7) is 5.63. The van der Waals surface area contributed by atoms with E-state index in [-0.39, 0.29) is 0 Å². The minimum atomic E-state index is 0.294. The topological polar surface area (TPSA) is 59.3 Å². The van der Waals surface area contributed by atoms with Gasteiger partial charge in [0.25, 0.3) is 0 Å². The zero-order chi connectivity index (χ0) is 16.6. The molecule has 0 unspecified atom stereocenters. The third-order valence-corrected chi connectivity index (χ3v) is 5.54. The van der Waals surface area contributed by atoms with Crippen LogP contribution in [-0.4, -0.2) is 68.4 Å². The Balaban J connectivity index is 1.26. The Labute approximate surface area is 147 Å². The molecule has 3 fully saturated rings. The maximum atomic E-state index is 6.07. The van der Waals surface area contributed by atoms with E-state index in [4.69, 9.17) is 4.74 Å². The van der Waals surface area contributed by atoms with Crippen molar-refractivity contribution in [3.05, 3.63) is 41.7 Å². The van der Waals surface area contributed by atoms with Crippen molar-refractivity contribution in [1.82, 2.24) is 30.0 Å². The van der Waals surface area contributed by atoms with E-state index in [1.165, 1.54) is 18.4 Å². The SMILES string of the molecule is c1ccc(CN2CCO[C@H]3CN(Cc4nnnn4C4CC4)C[C@@H]32)cc1. The number of tetrazole rings is 1. The van der Waals surface area contributed by atoms with Gasteiger partial charge in [0.05, 0.1) is 31.3 Å². The van der Waals surface area contributed by atoms with E-state index in [1.54, 1.807) is 0 Å². The molecule has 1 aromatic heterocycles. The maximum absolute atomic E-state index is 6.07. The molecule has 0 bridgehead atoms. The van der Waals surface area contributed by atoms with E-state index in [0.29, 0.717) is 18.2 Å². The van der Waals surface area contributed by atoms with Crippen molar-refractivity contribution in [2.75, 3.05) is 26.2 Å². The van der Waals surface area contributed by atoms with Crippen molar-refractivity contribution >= 4 is 0 Å². The van der Waals surface area contributed by atoms with Gasteiger partial charge in [-0.1, -0.05) is 30.3 Å². The Morgan fingerprint density at radius 2 is 1.96 bits per heavy atom. The van der Waals surface area contributed by atoms with Gasteiger partial charge in [-0.3, -0.25) is 9.80 Å². The van der Waals surface area contributed by atoms with Crippen LogP contribution in [0, 0.1) is 0 Å². The highest BCUT2D eigenvalue weighted by atomic mass is 16.5. The Kier molecular flexibility index (Phi) is 4.00. The molecule has 7 heteroatoms. The molecule has 3 heterocycles. The zero-order valence-corrected chi connectivity index (χ0v) is 14.4. The number of aromatic nitrogens is 4. The highest BCUT2D eigenvalue weighted by molar-refractivity contribution is 5.15. The lowest BCUT2D eigenvalue weighted by molar-refractivity contribution is -0.0504. The van der Waals surface area contributed by atoms with Crippen LogP contribution < -0.4 is 0 Å². The van der Waals surface area contributed by atoms with Crippen molar-refractivity contribution < 1.29 is 4.74 Å².